The van der Waals surface area contributed by atoms with Gasteiger partial charge in [0.05, 0.1) is 20.3 Å². The van der Waals surface area contributed by atoms with Gasteiger partial charge >= 0.3 is 10.4 Å². The summed E-state index contributed by atoms with van der Waals surface area (Å²) < 4.78 is 62.4. The van der Waals surface area contributed by atoms with Crippen molar-refractivity contribution in [1.29, 1.82) is 0 Å². The van der Waals surface area contributed by atoms with Crippen LogP contribution in [-0.2, 0) is 28.8 Å². The van der Waals surface area contributed by atoms with E-state index in [1.165, 1.54) is 25.3 Å². The second-order valence-corrected chi connectivity index (χ2v) is 9.20. The molecule has 0 bridgehead atoms. The standard InChI is InChI=1S/C20H28O16S/c1-31-10-4-8(5-21)2-3-9(10)32-19-15(26)14(25)17(12(7-23)34-19)35-20-16(27)18(36-37(28,29)30)13(24)11(6-22)33-20/h2-5,11-20,22-27H,6-7H2,1H3,(H,28,29,30)/t11-,12-,13+,14-,15-,16-,17-,18+,19-,20+/m1/s1. The molecule has 3 rings (SSSR count). The number of carbonyl (C=O) groups is 1. The van der Waals surface area contributed by atoms with Crippen molar-refractivity contribution >= 4 is 16.7 Å². The molecular weight excluding hydrogens is 528 g/mol. The minimum absolute atomic E-state index is 0.0245. The lowest BCUT2D eigenvalue weighted by Gasteiger charge is -2.46. The quantitative estimate of drug-likeness (QED) is 0.108. The highest BCUT2D eigenvalue weighted by atomic mass is 32.3. The summed E-state index contributed by atoms with van der Waals surface area (Å²) in [5, 5.41) is 61.2. The minimum Gasteiger partial charge on any atom is -0.493 e. The van der Waals surface area contributed by atoms with Gasteiger partial charge < -0.3 is 54.3 Å². The fraction of sp³-hybridized carbons (Fsp3) is 0.650. The third-order valence-electron chi connectivity index (χ3n) is 5.73. The van der Waals surface area contributed by atoms with E-state index in [1.54, 1.807) is 0 Å². The molecule has 2 aliphatic heterocycles. The smallest absolute Gasteiger partial charge is 0.397 e. The topological polar surface area (TPSA) is 248 Å². The van der Waals surface area contributed by atoms with Crippen molar-refractivity contribution in [3.8, 4) is 11.5 Å². The molecule has 210 valence electrons. The summed E-state index contributed by atoms with van der Waals surface area (Å²) in [4.78, 5) is 11.0. The molecule has 37 heavy (non-hydrogen) atoms. The zero-order valence-electron chi connectivity index (χ0n) is 19.2. The second kappa shape index (κ2) is 12.2. The Hall–Kier alpha value is -2.00. The molecule has 1 aromatic carbocycles. The van der Waals surface area contributed by atoms with Gasteiger partial charge in [0.1, 0.15) is 55.1 Å². The van der Waals surface area contributed by atoms with Crippen molar-refractivity contribution in [3.63, 3.8) is 0 Å². The van der Waals surface area contributed by atoms with Gasteiger partial charge in [0.15, 0.2) is 17.8 Å². The highest BCUT2D eigenvalue weighted by molar-refractivity contribution is 7.80. The number of aliphatic hydroxyl groups excluding tert-OH is 6. The van der Waals surface area contributed by atoms with E-state index in [0.29, 0.717) is 6.29 Å². The van der Waals surface area contributed by atoms with Crippen molar-refractivity contribution in [2.75, 3.05) is 20.3 Å². The number of methoxy groups -OCH3 is 1. The first kappa shape index (κ1) is 29.6. The Morgan fingerprint density at radius 2 is 1.54 bits per heavy atom. The molecule has 10 atom stereocenters. The van der Waals surface area contributed by atoms with E-state index in [1.807, 2.05) is 0 Å². The predicted molar refractivity (Wildman–Crippen MR) is 116 cm³/mol. The van der Waals surface area contributed by atoms with Crippen LogP contribution >= 0.6 is 0 Å². The van der Waals surface area contributed by atoms with Crippen LogP contribution < -0.4 is 9.47 Å². The van der Waals surface area contributed by atoms with Crippen molar-refractivity contribution in [3.05, 3.63) is 23.8 Å². The normalized spacial score (nSPS) is 36.6. The maximum atomic E-state index is 11.1. The number of hydrogen-bond donors (Lipinski definition) is 7. The number of benzene rings is 1. The van der Waals surface area contributed by atoms with Crippen LogP contribution in [0.3, 0.4) is 0 Å². The van der Waals surface area contributed by atoms with Crippen LogP contribution in [0.1, 0.15) is 10.4 Å². The van der Waals surface area contributed by atoms with Gasteiger partial charge in [0, 0.05) is 5.56 Å². The van der Waals surface area contributed by atoms with E-state index in [4.69, 9.17) is 28.2 Å². The largest absolute Gasteiger partial charge is 0.493 e. The van der Waals surface area contributed by atoms with E-state index in [2.05, 4.69) is 4.18 Å². The number of aliphatic hydroxyl groups is 6. The highest BCUT2D eigenvalue weighted by Crippen LogP contribution is 2.34. The molecule has 2 saturated heterocycles. The van der Waals surface area contributed by atoms with Gasteiger partial charge in [-0.25, -0.2) is 4.18 Å². The Bertz CT molecular complexity index is 1020. The molecule has 16 nitrogen and oxygen atoms in total. The van der Waals surface area contributed by atoms with Gasteiger partial charge in [-0.1, -0.05) is 0 Å². The molecule has 2 heterocycles. The van der Waals surface area contributed by atoms with Crippen LogP contribution in [-0.4, -0.2) is 132 Å². The van der Waals surface area contributed by atoms with Gasteiger partial charge in [0.2, 0.25) is 6.29 Å². The number of aldehydes is 1. The molecular formula is C20H28O16S. The van der Waals surface area contributed by atoms with Gasteiger partial charge in [-0.15, -0.1) is 0 Å². The lowest BCUT2D eigenvalue weighted by atomic mass is 9.97. The number of rotatable bonds is 10. The molecule has 1 aromatic rings. The van der Waals surface area contributed by atoms with Crippen LogP contribution in [0.25, 0.3) is 0 Å². The Kier molecular flexibility index (Phi) is 9.78. The fourth-order valence-electron chi connectivity index (χ4n) is 3.87. The minimum atomic E-state index is -5.17. The van der Waals surface area contributed by atoms with Crippen LogP contribution in [0.15, 0.2) is 18.2 Å². The zero-order chi connectivity index (χ0) is 27.5. The average Bonchev–Trinajstić information content (AvgIpc) is 2.87. The van der Waals surface area contributed by atoms with Crippen LogP contribution in [0.2, 0.25) is 0 Å². The molecule has 0 aliphatic carbocycles. The number of carbonyl (C=O) groups excluding carboxylic acids is 1. The van der Waals surface area contributed by atoms with Crippen molar-refractivity contribution in [2.24, 2.45) is 0 Å². The van der Waals surface area contributed by atoms with E-state index < -0.39 is 85.0 Å². The Morgan fingerprint density at radius 3 is 2.11 bits per heavy atom. The lowest BCUT2D eigenvalue weighted by Crippen LogP contribution is -2.65. The molecule has 0 radical (unpaired) electrons. The SMILES string of the molecule is COc1cc(C=O)ccc1O[C@@H]1O[C@H](CO)[C@@H](O[C@@H]2O[C@H](CO)[C@H](O)[C@H](OS(=O)(=O)O)[C@H]2O)[C@H](O)[C@H]1O. The van der Waals surface area contributed by atoms with Gasteiger partial charge in [-0.2, -0.15) is 8.42 Å². The zero-order valence-corrected chi connectivity index (χ0v) is 20.0. The molecule has 0 spiro atoms. The molecule has 2 aliphatic rings. The molecule has 0 amide bonds. The summed E-state index contributed by atoms with van der Waals surface area (Å²) in [5.74, 6) is 0.127. The van der Waals surface area contributed by atoms with Crippen molar-refractivity contribution in [2.45, 2.75) is 61.4 Å². The summed E-state index contributed by atoms with van der Waals surface area (Å²) in [6.45, 7) is -1.70. The van der Waals surface area contributed by atoms with E-state index >= 15 is 0 Å². The first-order valence-electron chi connectivity index (χ1n) is 10.8. The van der Waals surface area contributed by atoms with Crippen molar-refractivity contribution in [1.82, 2.24) is 0 Å². The molecule has 0 saturated carbocycles. The lowest BCUT2D eigenvalue weighted by molar-refractivity contribution is -0.350. The van der Waals surface area contributed by atoms with E-state index in [9.17, 15) is 43.9 Å². The molecule has 2 fully saturated rings. The molecule has 7 N–H and O–H groups in total. The van der Waals surface area contributed by atoms with E-state index in [0.717, 1.165) is 0 Å². The Balaban J connectivity index is 1.79. The van der Waals surface area contributed by atoms with Crippen molar-refractivity contribution < 1.29 is 76.3 Å². The van der Waals surface area contributed by atoms with Crippen LogP contribution in [0.4, 0.5) is 0 Å². The number of hydrogen-bond acceptors (Lipinski definition) is 15. The highest BCUT2D eigenvalue weighted by Gasteiger charge is 2.52. The van der Waals surface area contributed by atoms with E-state index in [-0.39, 0.29) is 17.1 Å². The average molecular weight is 556 g/mol. The van der Waals surface area contributed by atoms with Crippen LogP contribution in [0.5, 0.6) is 11.5 Å². The summed E-state index contributed by atoms with van der Waals surface area (Å²) in [7, 11) is -3.87. The molecule has 0 unspecified atom stereocenters. The summed E-state index contributed by atoms with van der Waals surface area (Å²) >= 11 is 0. The predicted octanol–water partition coefficient (Wildman–Crippen LogP) is -3.66. The maximum Gasteiger partial charge on any atom is 0.397 e. The first-order valence-corrected chi connectivity index (χ1v) is 12.2. The van der Waals surface area contributed by atoms with Gasteiger partial charge in [-0.3, -0.25) is 9.35 Å². The van der Waals surface area contributed by atoms with Gasteiger partial charge in [0.25, 0.3) is 0 Å². The fourth-order valence-corrected chi connectivity index (χ4v) is 4.38. The summed E-state index contributed by atoms with van der Waals surface area (Å²) in [6.07, 6.45) is -17.3. The first-order chi connectivity index (χ1) is 17.4. The monoisotopic (exact) mass is 556 g/mol. The third-order valence-corrected chi connectivity index (χ3v) is 6.20. The maximum absolute atomic E-state index is 11.1. The number of ether oxygens (including phenoxy) is 5. The molecule has 17 heteroatoms. The van der Waals surface area contributed by atoms with Crippen LogP contribution in [0, 0.1) is 0 Å². The Labute approximate surface area is 210 Å². The summed E-state index contributed by atoms with van der Waals surface area (Å²) in [6, 6.07) is 4.09. The third kappa shape index (κ3) is 6.72. The van der Waals surface area contributed by atoms with Gasteiger partial charge in [-0.05, 0) is 18.2 Å². The summed E-state index contributed by atoms with van der Waals surface area (Å²) in [5.41, 5.74) is 0.268. The molecule has 0 aromatic heterocycles. The second-order valence-electron chi connectivity index (χ2n) is 8.15. The Morgan fingerprint density at radius 1 is 0.892 bits per heavy atom.